The summed E-state index contributed by atoms with van der Waals surface area (Å²) in [6, 6.07) is 12.1. The topological polar surface area (TPSA) is 75.2 Å². The first-order valence-electron chi connectivity index (χ1n) is 8.50. The summed E-state index contributed by atoms with van der Waals surface area (Å²) in [5.41, 5.74) is 2.13. The molecule has 6 nitrogen and oxygen atoms in total. The molecule has 1 unspecified atom stereocenters. The largest absolute Gasteiger partial charge is 0.370 e. The molecule has 2 heterocycles. The maximum absolute atomic E-state index is 11.7. The Morgan fingerprint density at radius 2 is 2.00 bits per heavy atom. The number of rotatable bonds is 6. The van der Waals surface area contributed by atoms with E-state index in [-0.39, 0.29) is 17.5 Å². The zero-order valence-electron chi connectivity index (χ0n) is 14.6. The molecule has 7 heteroatoms. The minimum Gasteiger partial charge on any atom is -0.370 e. The molecule has 2 aromatic rings. The van der Waals surface area contributed by atoms with Crippen LogP contribution in [-0.4, -0.2) is 49.5 Å². The van der Waals surface area contributed by atoms with Crippen LogP contribution in [0.2, 0.25) is 0 Å². The molecule has 0 radical (unpaired) electrons. The highest BCUT2D eigenvalue weighted by Crippen LogP contribution is 2.21. The van der Waals surface area contributed by atoms with Crippen LogP contribution in [-0.2, 0) is 16.3 Å². The van der Waals surface area contributed by atoms with Gasteiger partial charge in [0.15, 0.2) is 9.84 Å². The lowest BCUT2D eigenvalue weighted by Gasteiger charge is -2.24. The normalized spacial score (nSPS) is 18.9. The van der Waals surface area contributed by atoms with E-state index in [9.17, 15) is 8.42 Å². The van der Waals surface area contributed by atoms with Crippen molar-refractivity contribution in [2.45, 2.75) is 25.8 Å². The Morgan fingerprint density at radius 3 is 2.68 bits per heavy atom. The molecule has 25 heavy (non-hydrogen) atoms. The third-order valence-electron chi connectivity index (χ3n) is 4.48. The van der Waals surface area contributed by atoms with Crippen LogP contribution in [0, 0.1) is 6.92 Å². The Balaban J connectivity index is 1.66. The van der Waals surface area contributed by atoms with Crippen LogP contribution < -0.4 is 10.2 Å². The van der Waals surface area contributed by atoms with Gasteiger partial charge in [0.1, 0.15) is 5.82 Å². The first kappa shape index (κ1) is 17.7. The van der Waals surface area contributed by atoms with Crippen LogP contribution >= 0.6 is 0 Å². The molecular formula is C18H24N4O2S. The predicted octanol–water partition coefficient (Wildman–Crippen LogP) is 2.06. The van der Waals surface area contributed by atoms with Gasteiger partial charge in [-0.15, -0.1) is 0 Å². The van der Waals surface area contributed by atoms with Crippen molar-refractivity contribution in [3.63, 3.8) is 0 Å². The lowest BCUT2D eigenvalue weighted by atomic mass is 10.1. The van der Waals surface area contributed by atoms with Gasteiger partial charge in [0, 0.05) is 31.4 Å². The molecule has 0 bridgehead atoms. The van der Waals surface area contributed by atoms with Crippen molar-refractivity contribution in [1.29, 1.82) is 0 Å². The average molecular weight is 360 g/mol. The van der Waals surface area contributed by atoms with Crippen LogP contribution in [0.5, 0.6) is 0 Å². The van der Waals surface area contributed by atoms with Crippen molar-refractivity contribution < 1.29 is 8.42 Å². The fraction of sp³-hybridized carbons (Fsp3) is 0.444. The van der Waals surface area contributed by atoms with Crippen molar-refractivity contribution in [3.05, 3.63) is 47.7 Å². The summed E-state index contributed by atoms with van der Waals surface area (Å²) in [4.78, 5) is 10.9. The summed E-state index contributed by atoms with van der Waals surface area (Å²) in [6.45, 7) is 2.70. The fourth-order valence-electron chi connectivity index (χ4n) is 3.02. The minimum absolute atomic E-state index is 0.0519. The first-order valence-corrected chi connectivity index (χ1v) is 10.3. The van der Waals surface area contributed by atoms with E-state index in [0.717, 1.165) is 24.5 Å². The van der Waals surface area contributed by atoms with E-state index in [1.807, 2.05) is 43.1 Å². The Bertz CT molecular complexity index is 824. The Hall–Kier alpha value is -2.15. The van der Waals surface area contributed by atoms with Gasteiger partial charge in [-0.3, -0.25) is 0 Å². The molecule has 1 aromatic heterocycles. The monoisotopic (exact) mass is 360 g/mol. The van der Waals surface area contributed by atoms with Gasteiger partial charge in [0.2, 0.25) is 5.95 Å². The van der Waals surface area contributed by atoms with Crippen molar-refractivity contribution in [1.82, 2.24) is 9.97 Å². The molecule has 0 saturated carbocycles. The molecule has 0 amide bonds. The molecule has 134 valence electrons. The molecule has 1 fully saturated rings. The number of aromatic nitrogens is 2. The lowest BCUT2D eigenvalue weighted by Crippen LogP contribution is -2.34. The number of aryl methyl sites for hydroxylation is 1. The summed E-state index contributed by atoms with van der Waals surface area (Å²) in [5, 5.41) is 3.34. The molecule has 1 atom stereocenters. The smallest absolute Gasteiger partial charge is 0.227 e. The van der Waals surface area contributed by atoms with Crippen LogP contribution in [0.15, 0.2) is 36.4 Å². The number of anilines is 2. The fourth-order valence-corrected chi connectivity index (χ4v) is 4.80. The van der Waals surface area contributed by atoms with Crippen molar-refractivity contribution in [3.8, 4) is 0 Å². The molecule has 1 saturated heterocycles. The maximum Gasteiger partial charge on any atom is 0.227 e. The molecule has 0 spiro atoms. The Morgan fingerprint density at radius 1 is 1.24 bits per heavy atom. The van der Waals surface area contributed by atoms with Crippen LogP contribution in [0.3, 0.4) is 0 Å². The SMILES string of the molecule is Cc1cc(NCCc2ccccc2)nc(N(C)C2CCS(=O)(=O)C2)n1. The quantitative estimate of drug-likeness (QED) is 0.850. The van der Waals surface area contributed by atoms with E-state index < -0.39 is 9.84 Å². The molecule has 0 aliphatic carbocycles. The van der Waals surface area contributed by atoms with Crippen LogP contribution in [0.25, 0.3) is 0 Å². The summed E-state index contributed by atoms with van der Waals surface area (Å²) < 4.78 is 23.4. The van der Waals surface area contributed by atoms with E-state index in [1.165, 1.54) is 5.56 Å². The van der Waals surface area contributed by atoms with E-state index in [1.54, 1.807) is 0 Å². The van der Waals surface area contributed by atoms with Gasteiger partial charge in [-0.05, 0) is 25.3 Å². The summed E-state index contributed by atoms with van der Waals surface area (Å²) >= 11 is 0. The number of hydrogen-bond donors (Lipinski definition) is 1. The number of benzene rings is 1. The van der Waals surface area contributed by atoms with Crippen LogP contribution in [0.1, 0.15) is 17.7 Å². The van der Waals surface area contributed by atoms with E-state index in [4.69, 9.17) is 0 Å². The maximum atomic E-state index is 11.7. The summed E-state index contributed by atoms with van der Waals surface area (Å²) in [5.74, 6) is 1.77. The van der Waals surface area contributed by atoms with Crippen molar-refractivity contribution in [2.75, 3.05) is 35.3 Å². The van der Waals surface area contributed by atoms with Gasteiger partial charge < -0.3 is 10.2 Å². The van der Waals surface area contributed by atoms with Gasteiger partial charge in [0.05, 0.1) is 11.5 Å². The van der Waals surface area contributed by atoms with Crippen LogP contribution in [0.4, 0.5) is 11.8 Å². The third kappa shape index (κ3) is 4.69. The zero-order valence-corrected chi connectivity index (χ0v) is 15.5. The second kappa shape index (κ2) is 7.39. The summed E-state index contributed by atoms with van der Waals surface area (Å²) in [6.07, 6.45) is 1.54. The molecular weight excluding hydrogens is 336 g/mol. The highest BCUT2D eigenvalue weighted by Gasteiger charge is 2.31. The third-order valence-corrected chi connectivity index (χ3v) is 6.23. The predicted molar refractivity (Wildman–Crippen MR) is 101 cm³/mol. The minimum atomic E-state index is -2.93. The Labute approximate surface area is 149 Å². The number of nitrogens with one attached hydrogen (secondary N) is 1. The molecule has 1 aliphatic rings. The molecule has 3 rings (SSSR count). The van der Waals surface area contributed by atoms with Gasteiger partial charge in [-0.25, -0.2) is 13.4 Å². The van der Waals surface area contributed by atoms with Gasteiger partial charge >= 0.3 is 0 Å². The highest BCUT2D eigenvalue weighted by atomic mass is 32.2. The number of nitrogens with zero attached hydrogens (tertiary/aromatic N) is 3. The number of sulfone groups is 1. The zero-order chi connectivity index (χ0) is 17.9. The van der Waals surface area contributed by atoms with E-state index >= 15 is 0 Å². The average Bonchev–Trinajstić information content (AvgIpc) is 2.94. The second-order valence-electron chi connectivity index (χ2n) is 6.52. The lowest BCUT2D eigenvalue weighted by molar-refractivity contribution is 0.600. The number of hydrogen-bond acceptors (Lipinski definition) is 6. The van der Waals surface area contributed by atoms with Crippen molar-refractivity contribution in [2.24, 2.45) is 0 Å². The van der Waals surface area contributed by atoms with E-state index in [2.05, 4.69) is 27.4 Å². The first-order chi connectivity index (χ1) is 11.9. The molecule has 1 aliphatic heterocycles. The second-order valence-corrected chi connectivity index (χ2v) is 8.75. The standard InChI is InChI=1S/C18H24N4O2S/c1-14-12-17(19-10-8-15-6-4-3-5-7-15)21-18(20-14)22(2)16-9-11-25(23,24)13-16/h3-7,12,16H,8-11,13H2,1-2H3,(H,19,20,21). The van der Waals surface area contributed by atoms with Crippen molar-refractivity contribution >= 4 is 21.6 Å². The highest BCUT2D eigenvalue weighted by molar-refractivity contribution is 7.91. The van der Waals surface area contributed by atoms with Gasteiger partial charge in [-0.2, -0.15) is 4.98 Å². The molecule has 1 aromatic carbocycles. The van der Waals surface area contributed by atoms with Gasteiger partial charge in [-0.1, -0.05) is 30.3 Å². The Kier molecular flexibility index (Phi) is 5.22. The van der Waals surface area contributed by atoms with E-state index in [0.29, 0.717) is 12.4 Å². The summed E-state index contributed by atoms with van der Waals surface area (Å²) in [7, 11) is -1.06. The molecule has 1 N–H and O–H groups in total. The van der Waals surface area contributed by atoms with Gasteiger partial charge in [0.25, 0.3) is 0 Å².